The Bertz CT molecular complexity index is 1060. The molecule has 0 atom stereocenters. The molecule has 0 aliphatic carbocycles. The number of sulfonamides is 1. The maximum absolute atomic E-state index is 12.8. The summed E-state index contributed by atoms with van der Waals surface area (Å²) < 4.78 is 28.8. The number of anilines is 1. The van der Waals surface area contributed by atoms with Gasteiger partial charge in [-0.1, -0.05) is 23.7 Å². The lowest BCUT2D eigenvalue weighted by Gasteiger charge is -2.34. The molecular formula is C16H17ClN6O2S. The van der Waals surface area contributed by atoms with E-state index in [2.05, 4.69) is 20.2 Å². The van der Waals surface area contributed by atoms with Gasteiger partial charge in [0.15, 0.2) is 11.5 Å². The van der Waals surface area contributed by atoms with E-state index >= 15 is 0 Å². The van der Waals surface area contributed by atoms with Crippen molar-refractivity contribution in [3.63, 3.8) is 0 Å². The maximum atomic E-state index is 12.8. The minimum absolute atomic E-state index is 0.148. The molecule has 1 saturated heterocycles. The average molecular weight is 393 g/mol. The number of aromatic nitrogens is 4. The van der Waals surface area contributed by atoms with Crippen LogP contribution in [0.3, 0.4) is 0 Å². The summed E-state index contributed by atoms with van der Waals surface area (Å²) in [5.41, 5.74) is 0.686. The lowest BCUT2D eigenvalue weighted by molar-refractivity contribution is 0.383. The molecule has 8 nitrogen and oxygen atoms in total. The van der Waals surface area contributed by atoms with Crippen molar-refractivity contribution in [1.82, 2.24) is 24.1 Å². The van der Waals surface area contributed by atoms with Gasteiger partial charge in [-0.2, -0.15) is 8.82 Å². The zero-order valence-electron chi connectivity index (χ0n) is 14.1. The number of halogens is 1. The highest BCUT2D eigenvalue weighted by Crippen LogP contribution is 2.25. The van der Waals surface area contributed by atoms with Gasteiger partial charge in [0, 0.05) is 26.2 Å². The molecule has 10 heteroatoms. The molecule has 0 bridgehead atoms. The first-order valence-electron chi connectivity index (χ1n) is 8.15. The van der Waals surface area contributed by atoms with Gasteiger partial charge in [0.2, 0.25) is 10.0 Å². The number of hydrogen-bond donors (Lipinski definition) is 0. The Labute approximate surface area is 156 Å². The van der Waals surface area contributed by atoms with Crippen molar-refractivity contribution in [1.29, 1.82) is 0 Å². The number of hydrogen-bond acceptors (Lipinski definition) is 6. The molecule has 0 amide bonds. The van der Waals surface area contributed by atoms with Crippen molar-refractivity contribution >= 4 is 33.1 Å². The topological polar surface area (TPSA) is 83.7 Å². The maximum Gasteiger partial charge on any atom is 0.244 e. The summed E-state index contributed by atoms with van der Waals surface area (Å²) in [5.74, 6) is 1.48. The summed E-state index contributed by atoms with van der Waals surface area (Å²) in [5, 5.41) is 12.8. The van der Waals surface area contributed by atoms with Crippen LogP contribution in [0.15, 0.2) is 41.3 Å². The lowest BCUT2D eigenvalue weighted by Crippen LogP contribution is -2.49. The third kappa shape index (κ3) is 2.91. The standard InChI is InChI=1S/C16H17ClN6O2S/c1-12-18-19-15-6-7-16(20-23(12)15)21-8-10-22(11-9-21)26(24,25)14-5-3-2-4-13(14)17/h2-7H,8-11H2,1H3. The van der Waals surface area contributed by atoms with Gasteiger partial charge < -0.3 is 4.90 Å². The van der Waals surface area contributed by atoms with Crippen LogP contribution in [0.4, 0.5) is 5.82 Å². The van der Waals surface area contributed by atoms with Crippen molar-refractivity contribution in [3.8, 4) is 0 Å². The monoisotopic (exact) mass is 392 g/mol. The largest absolute Gasteiger partial charge is 0.353 e. The first-order valence-corrected chi connectivity index (χ1v) is 9.97. The minimum Gasteiger partial charge on any atom is -0.353 e. The zero-order valence-corrected chi connectivity index (χ0v) is 15.7. The van der Waals surface area contributed by atoms with Gasteiger partial charge in [0.05, 0.1) is 5.02 Å². The predicted octanol–water partition coefficient (Wildman–Crippen LogP) is 1.60. The average Bonchev–Trinajstić information content (AvgIpc) is 3.02. The van der Waals surface area contributed by atoms with Gasteiger partial charge in [-0.25, -0.2) is 8.42 Å². The lowest BCUT2D eigenvalue weighted by atomic mass is 10.3. The molecule has 3 aromatic rings. The highest BCUT2D eigenvalue weighted by Gasteiger charge is 2.30. The van der Waals surface area contributed by atoms with E-state index in [0.29, 0.717) is 37.7 Å². The molecule has 0 saturated carbocycles. The first kappa shape index (κ1) is 17.2. The van der Waals surface area contributed by atoms with Crippen LogP contribution >= 0.6 is 11.6 Å². The number of aryl methyl sites for hydroxylation is 1. The van der Waals surface area contributed by atoms with E-state index in [0.717, 1.165) is 5.82 Å². The van der Waals surface area contributed by atoms with Crippen LogP contribution in [-0.2, 0) is 10.0 Å². The van der Waals surface area contributed by atoms with E-state index < -0.39 is 10.0 Å². The van der Waals surface area contributed by atoms with Gasteiger partial charge in [-0.05, 0) is 31.2 Å². The van der Waals surface area contributed by atoms with Crippen LogP contribution in [0, 0.1) is 6.92 Å². The molecule has 0 N–H and O–H groups in total. The number of fused-ring (bicyclic) bond motifs is 1. The summed E-state index contributed by atoms with van der Waals surface area (Å²) in [7, 11) is -3.60. The van der Waals surface area contributed by atoms with Crippen LogP contribution in [0.1, 0.15) is 5.82 Å². The fourth-order valence-electron chi connectivity index (χ4n) is 3.01. The van der Waals surface area contributed by atoms with Gasteiger partial charge in [-0.3, -0.25) is 0 Å². The second-order valence-electron chi connectivity index (χ2n) is 6.03. The van der Waals surface area contributed by atoms with Gasteiger partial charge in [-0.15, -0.1) is 15.3 Å². The predicted molar refractivity (Wildman–Crippen MR) is 97.9 cm³/mol. The molecule has 26 heavy (non-hydrogen) atoms. The van der Waals surface area contributed by atoms with E-state index in [4.69, 9.17) is 11.6 Å². The van der Waals surface area contributed by atoms with E-state index in [1.165, 1.54) is 10.4 Å². The Morgan fingerprint density at radius 2 is 1.73 bits per heavy atom. The Morgan fingerprint density at radius 1 is 1.00 bits per heavy atom. The molecule has 1 aromatic carbocycles. The molecule has 1 aliphatic rings. The smallest absolute Gasteiger partial charge is 0.244 e. The van der Waals surface area contributed by atoms with Crippen LogP contribution in [0.5, 0.6) is 0 Å². The van der Waals surface area contributed by atoms with Crippen molar-refractivity contribution in [2.24, 2.45) is 0 Å². The normalized spacial score (nSPS) is 16.3. The number of piperazine rings is 1. The molecule has 0 radical (unpaired) electrons. The van der Waals surface area contributed by atoms with Crippen LogP contribution in [0.25, 0.3) is 5.65 Å². The molecule has 3 heterocycles. The molecule has 4 rings (SSSR count). The van der Waals surface area contributed by atoms with Crippen molar-refractivity contribution in [2.45, 2.75) is 11.8 Å². The fourth-order valence-corrected chi connectivity index (χ4v) is 4.92. The quantitative estimate of drug-likeness (QED) is 0.673. The van der Waals surface area contributed by atoms with Crippen molar-refractivity contribution < 1.29 is 8.42 Å². The van der Waals surface area contributed by atoms with E-state index in [1.807, 2.05) is 19.1 Å². The number of benzene rings is 1. The molecular weight excluding hydrogens is 376 g/mol. The fraction of sp³-hybridized carbons (Fsp3) is 0.312. The van der Waals surface area contributed by atoms with Gasteiger partial charge in [0.25, 0.3) is 0 Å². The Balaban J connectivity index is 1.53. The Kier molecular flexibility index (Phi) is 4.29. The molecule has 0 spiro atoms. The zero-order chi connectivity index (χ0) is 18.3. The number of nitrogens with zero attached hydrogens (tertiary/aromatic N) is 6. The first-order chi connectivity index (χ1) is 12.5. The third-order valence-corrected chi connectivity index (χ3v) is 6.82. The second-order valence-corrected chi connectivity index (χ2v) is 8.34. The summed E-state index contributed by atoms with van der Waals surface area (Å²) in [6, 6.07) is 10.3. The van der Waals surface area contributed by atoms with Crippen molar-refractivity contribution in [2.75, 3.05) is 31.1 Å². The summed E-state index contributed by atoms with van der Waals surface area (Å²) in [4.78, 5) is 2.20. The minimum atomic E-state index is -3.60. The van der Waals surface area contributed by atoms with Crippen LogP contribution in [-0.4, -0.2) is 58.7 Å². The van der Waals surface area contributed by atoms with Crippen molar-refractivity contribution in [3.05, 3.63) is 47.2 Å². The third-order valence-electron chi connectivity index (χ3n) is 4.42. The van der Waals surface area contributed by atoms with Gasteiger partial charge in [0.1, 0.15) is 10.7 Å². The summed E-state index contributed by atoms with van der Waals surface area (Å²) >= 11 is 6.07. The summed E-state index contributed by atoms with van der Waals surface area (Å²) in [6.07, 6.45) is 0. The molecule has 1 fully saturated rings. The Morgan fingerprint density at radius 3 is 2.46 bits per heavy atom. The number of rotatable bonds is 3. The van der Waals surface area contributed by atoms with Crippen LogP contribution in [0.2, 0.25) is 5.02 Å². The molecule has 136 valence electrons. The highest BCUT2D eigenvalue weighted by atomic mass is 35.5. The Hall–Kier alpha value is -2.23. The molecule has 2 aromatic heterocycles. The molecule has 1 aliphatic heterocycles. The van der Waals surface area contributed by atoms with Crippen LogP contribution < -0.4 is 4.90 Å². The van der Waals surface area contributed by atoms with E-state index in [9.17, 15) is 8.42 Å². The SMILES string of the molecule is Cc1nnc2ccc(N3CCN(S(=O)(=O)c4ccccc4Cl)CC3)nn12. The second kappa shape index (κ2) is 6.49. The highest BCUT2D eigenvalue weighted by molar-refractivity contribution is 7.89. The summed E-state index contributed by atoms with van der Waals surface area (Å²) in [6.45, 7) is 3.67. The van der Waals surface area contributed by atoms with E-state index in [1.54, 1.807) is 22.7 Å². The van der Waals surface area contributed by atoms with E-state index in [-0.39, 0.29) is 9.92 Å². The van der Waals surface area contributed by atoms with Gasteiger partial charge >= 0.3 is 0 Å². The molecule has 0 unspecified atom stereocenters.